The molecule has 1 aromatic heterocycles. The van der Waals surface area contributed by atoms with Crippen LogP contribution in [0.3, 0.4) is 0 Å². The van der Waals surface area contributed by atoms with E-state index in [2.05, 4.69) is 55.1 Å². The molecule has 0 saturated heterocycles. The molecule has 0 saturated carbocycles. The molecular weight excluding hydrogens is 226 g/mol. The van der Waals surface area contributed by atoms with Gasteiger partial charge in [-0.3, -0.25) is 0 Å². The van der Waals surface area contributed by atoms with Gasteiger partial charge in [-0.05, 0) is 33.9 Å². The van der Waals surface area contributed by atoms with E-state index in [9.17, 15) is 0 Å². The summed E-state index contributed by atoms with van der Waals surface area (Å²) >= 11 is 0. The number of nitrogens with zero attached hydrogens (tertiary/aromatic N) is 4. The minimum atomic E-state index is 0.00642. The number of hydrogen-bond donors (Lipinski definition) is 1. The van der Waals surface area contributed by atoms with Crippen LogP contribution in [-0.2, 0) is 12.1 Å². The van der Waals surface area contributed by atoms with E-state index in [0.29, 0.717) is 0 Å². The van der Waals surface area contributed by atoms with Crippen molar-refractivity contribution in [3.63, 3.8) is 0 Å². The summed E-state index contributed by atoms with van der Waals surface area (Å²) in [5.41, 5.74) is 1.01. The summed E-state index contributed by atoms with van der Waals surface area (Å²) in [6.45, 7) is 15.8. The molecule has 1 N–H and O–H groups in total. The molecule has 0 amide bonds. The number of aromatic nitrogens is 3. The average Bonchev–Trinajstić information content (AvgIpc) is 2.78. The zero-order valence-corrected chi connectivity index (χ0v) is 12.4. The van der Waals surface area contributed by atoms with E-state index in [4.69, 9.17) is 0 Å². The van der Waals surface area contributed by atoms with Crippen molar-refractivity contribution in [2.75, 3.05) is 26.2 Å². The predicted octanol–water partition coefficient (Wildman–Crippen LogP) is 1.46. The maximum Gasteiger partial charge on any atom is 0.0965 e. The zero-order chi connectivity index (χ0) is 13.6. The normalized spacial score (nSPS) is 12.3. The van der Waals surface area contributed by atoms with E-state index in [1.807, 2.05) is 10.9 Å². The molecule has 0 fully saturated rings. The molecule has 0 bridgehead atoms. The van der Waals surface area contributed by atoms with Crippen molar-refractivity contribution >= 4 is 0 Å². The highest BCUT2D eigenvalue weighted by Crippen LogP contribution is 2.11. The first-order valence-electron chi connectivity index (χ1n) is 6.82. The minimum absolute atomic E-state index is 0.00642. The van der Waals surface area contributed by atoms with Crippen molar-refractivity contribution in [1.82, 2.24) is 25.2 Å². The Hall–Kier alpha value is -0.940. The molecule has 1 rings (SSSR count). The molecule has 1 heterocycles. The van der Waals surface area contributed by atoms with E-state index in [-0.39, 0.29) is 5.54 Å². The quantitative estimate of drug-likeness (QED) is 0.747. The van der Waals surface area contributed by atoms with E-state index < -0.39 is 0 Å². The van der Waals surface area contributed by atoms with Gasteiger partial charge in [0.15, 0.2) is 0 Å². The Labute approximate surface area is 111 Å². The molecule has 104 valence electrons. The average molecular weight is 253 g/mol. The monoisotopic (exact) mass is 253 g/mol. The SMILES string of the molecule is CCN(CC)CCNCc1cn(C(C)(C)C)nn1. The van der Waals surface area contributed by atoms with Crippen molar-refractivity contribution in [3.05, 3.63) is 11.9 Å². The molecule has 0 spiro atoms. The topological polar surface area (TPSA) is 46.0 Å². The summed E-state index contributed by atoms with van der Waals surface area (Å²) in [4.78, 5) is 2.40. The van der Waals surface area contributed by atoms with Crippen LogP contribution in [-0.4, -0.2) is 46.1 Å². The van der Waals surface area contributed by atoms with Gasteiger partial charge < -0.3 is 10.2 Å². The molecule has 0 aliphatic rings. The second-order valence-electron chi connectivity index (χ2n) is 5.53. The first-order valence-corrected chi connectivity index (χ1v) is 6.82. The van der Waals surface area contributed by atoms with Crippen molar-refractivity contribution in [2.24, 2.45) is 0 Å². The fourth-order valence-corrected chi connectivity index (χ4v) is 1.70. The third-order valence-corrected chi connectivity index (χ3v) is 3.03. The highest BCUT2D eigenvalue weighted by atomic mass is 15.4. The van der Waals surface area contributed by atoms with Crippen LogP contribution < -0.4 is 5.32 Å². The molecule has 0 radical (unpaired) electrons. The Morgan fingerprint density at radius 2 is 1.94 bits per heavy atom. The van der Waals surface area contributed by atoms with Crippen molar-refractivity contribution in [1.29, 1.82) is 0 Å². The molecule has 0 aromatic carbocycles. The van der Waals surface area contributed by atoms with Crippen LogP contribution in [0.2, 0.25) is 0 Å². The van der Waals surface area contributed by atoms with Gasteiger partial charge in [-0.15, -0.1) is 5.10 Å². The fourth-order valence-electron chi connectivity index (χ4n) is 1.70. The molecule has 1 aromatic rings. The molecule has 0 aliphatic heterocycles. The lowest BCUT2D eigenvalue weighted by Crippen LogP contribution is -2.31. The van der Waals surface area contributed by atoms with E-state index in [0.717, 1.165) is 38.4 Å². The van der Waals surface area contributed by atoms with Gasteiger partial charge in [0.05, 0.1) is 17.4 Å². The Morgan fingerprint density at radius 3 is 2.44 bits per heavy atom. The molecule has 5 nitrogen and oxygen atoms in total. The van der Waals surface area contributed by atoms with Crippen LogP contribution in [0.1, 0.15) is 40.3 Å². The van der Waals surface area contributed by atoms with E-state index >= 15 is 0 Å². The largest absolute Gasteiger partial charge is 0.310 e. The van der Waals surface area contributed by atoms with Crippen LogP contribution in [0.15, 0.2) is 6.20 Å². The number of likely N-dealkylation sites (N-methyl/N-ethyl adjacent to an activating group) is 1. The molecule has 5 heteroatoms. The van der Waals surface area contributed by atoms with Gasteiger partial charge in [-0.1, -0.05) is 19.1 Å². The van der Waals surface area contributed by atoms with Gasteiger partial charge in [0, 0.05) is 19.6 Å². The summed E-state index contributed by atoms with van der Waals surface area (Å²) in [5.74, 6) is 0. The predicted molar refractivity (Wildman–Crippen MR) is 74.5 cm³/mol. The van der Waals surface area contributed by atoms with Crippen LogP contribution in [0.5, 0.6) is 0 Å². The zero-order valence-electron chi connectivity index (χ0n) is 12.4. The van der Waals surface area contributed by atoms with E-state index in [1.54, 1.807) is 0 Å². The van der Waals surface area contributed by atoms with Gasteiger partial charge >= 0.3 is 0 Å². The molecule has 18 heavy (non-hydrogen) atoms. The van der Waals surface area contributed by atoms with Gasteiger partial charge in [-0.2, -0.15) is 0 Å². The van der Waals surface area contributed by atoms with Crippen LogP contribution in [0, 0.1) is 0 Å². The first kappa shape index (κ1) is 15.1. The number of nitrogens with one attached hydrogen (secondary N) is 1. The van der Waals surface area contributed by atoms with Crippen LogP contribution in [0.4, 0.5) is 0 Å². The lowest BCUT2D eigenvalue weighted by Gasteiger charge is -2.18. The second-order valence-corrected chi connectivity index (χ2v) is 5.53. The second kappa shape index (κ2) is 6.85. The molecule has 0 aliphatic carbocycles. The highest BCUT2D eigenvalue weighted by Gasteiger charge is 2.14. The van der Waals surface area contributed by atoms with Gasteiger partial charge in [0.2, 0.25) is 0 Å². The Morgan fingerprint density at radius 1 is 1.28 bits per heavy atom. The maximum absolute atomic E-state index is 4.18. The molecule has 0 unspecified atom stereocenters. The van der Waals surface area contributed by atoms with Crippen LogP contribution in [0.25, 0.3) is 0 Å². The van der Waals surface area contributed by atoms with Crippen molar-refractivity contribution < 1.29 is 0 Å². The summed E-state index contributed by atoms with van der Waals surface area (Å²) < 4.78 is 1.91. The first-order chi connectivity index (χ1) is 8.47. The summed E-state index contributed by atoms with van der Waals surface area (Å²) in [5, 5.41) is 11.7. The van der Waals surface area contributed by atoms with Gasteiger partial charge in [-0.25, -0.2) is 4.68 Å². The number of rotatable bonds is 7. The summed E-state index contributed by atoms with van der Waals surface area (Å²) in [6.07, 6.45) is 2.02. The smallest absolute Gasteiger partial charge is 0.0965 e. The van der Waals surface area contributed by atoms with E-state index in [1.165, 1.54) is 0 Å². The summed E-state index contributed by atoms with van der Waals surface area (Å²) in [6, 6.07) is 0. The third-order valence-electron chi connectivity index (χ3n) is 3.03. The lowest BCUT2D eigenvalue weighted by molar-refractivity contribution is 0.302. The maximum atomic E-state index is 4.18. The molecule has 0 atom stereocenters. The fraction of sp³-hybridized carbons (Fsp3) is 0.846. The third kappa shape index (κ3) is 4.74. The number of hydrogen-bond acceptors (Lipinski definition) is 4. The molecular formula is C13H27N5. The van der Waals surface area contributed by atoms with Crippen LogP contribution >= 0.6 is 0 Å². The Balaban J connectivity index is 2.30. The van der Waals surface area contributed by atoms with Gasteiger partial charge in [0.1, 0.15) is 0 Å². The standard InChI is InChI=1S/C13H27N5/c1-6-17(7-2)9-8-14-10-12-11-18(16-15-12)13(3,4)5/h11,14H,6-10H2,1-5H3. The van der Waals surface area contributed by atoms with Crippen molar-refractivity contribution in [3.8, 4) is 0 Å². The highest BCUT2D eigenvalue weighted by molar-refractivity contribution is 4.94. The lowest BCUT2D eigenvalue weighted by atomic mass is 10.1. The minimum Gasteiger partial charge on any atom is -0.310 e. The Kier molecular flexibility index (Phi) is 5.75. The summed E-state index contributed by atoms with van der Waals surface area (Å²) in [7, 11) is 0. The van der Waals surface area contributed by atoms with Gasteiger partial charge in [0.25, 0.3) is 0 Å². The van der Waals surface area contributed by atoms with Crippen molar-refractivity contribution in [2.45, 2.75) is 46.7 Å². The Bertz CT molecular complexity index is 335.